The standard InChI is InChI=1S/C17H23N3O/c1-12-8-9-19-15(10-12)16(21)20-14-6-4-13(5-7-14)17(2,3)11-18/h4-7,12,15,19H,8-10H2,1-3H3,(H,20,21). The van der Waals surface area contributed by atoms with Crippen molar-refractivity contribution in [2.45, 2.75) is 45.1 Å². The highest BCUT2D eigenvalue weighted by atomic mass is 16.2. The van der Waals surface area contributed by atoms with Gasteiger partial charge in [-0.2, -0.15) is 5.26 Å². The number of anilines is 1. The zero-order valence-electron chi connectivity index (χ0n) is 12.9. The van der Waals surface area contributed by atoms with Gasteiger partial charge in [0, 0.05) is 5.69 Å². The minimum Gasteiger partial charge on any atom is -0.325 e. The van der Waals surface area contributed by atoms with Crippen LogP contribution in [0, 0.1) is 17.2 Å². The summed E-state index contributed by atoms with van der Waals surface area (Å²) in [6, 6.07) is 9.69. The fraction of sp³-hybridized carbons (Fsp3) is 0.529. The molecule has 1 aromatic rings. The molecule has 1 aliphatic rings. The molecule has 0 spiro atoms. The first-order chi connectivity index (χ1) is 9.92. The first-order valence-corrected chi connectivity index (χ1v) is 7.48. The first kappa shape index (κ1) is 15.5. The molecule has 0 aliphatic carbocycles. The molecule has 2 rings (SSSR count). The molecule has 1 fully saturated rings. The Kier molecular flexibility index (Phi) is 4.64. The Morgan fingerprint density at radius 2 is 2.05 bits per heavy atom. The largest absolute Gasteiger partial charge is 0.325 e. The maximum Gasteiger partial charge on any atom is 0.241 e. The van der Waals surface area contributed by atoms with Crippen molar-refractivity contribution in [1.82, 2.24) is 5.32 Å². The van der Waals surface area contributed by atoms with Crippen molar-refractivity contribution in [1.29, 1.82) is 5.26 Å². The first-order valence-electron chi connectivity index (χ1n) is 7.48. The van der Waals surface area contributed by atoms with Crippen molar-refractivity contribution in [3.05, 3.63) is 29.8 Å². The van der Waals surface area contributed by atoms with E-state index >= 15 is 0 Å². The lowest BCUT2D eigenvalue weighted by Gasteiger charge is -2.27. The summed E-state index contributed by atoms with van der Waals surface area (Å²) in [6.07, 6.45) is 2.01. The second kappa shape index (κ2) is 6.28. The van der Waals surface area contributed by atoms with Crippen molar-refractivity contribution in [2.24, 2.45) is 5.92 Å². The fourth-order valence-electron chi connectivity index (χ4n) is 2.57. The van der Waals surface area contributed by atoms with Gasteiger partial charge in [-0.1, -0.05) is 19.1 Å². The lowest BCUT2D eigenvalue weighted by Crippen LogP contribution is -2.45. The van der Waals surface area contributed by atoms with Crippen LogP contribution in [0.1, 0.15) is 39.2 Å². The molecule has 2 unspecified atom stereocenters. The van der Waals surface area contributed by atoms with Crippen LogP contribution in [0.25, 0.3) is 0 Å². The van der Waals surface area contributed by atoms with Crippen molar-refractivity contribution in [3.8, 4) is 6.07 Å². The van der Waals surface area contributed by atoms with E-state index in [-0.39, 0.29) is 11.9 Å². The van der Waals surface area contributed by atoms with Crippen molar-refractivity contribution < 1.29 is 4.79 Å². The number of nitrogens with zero attached hydrogens (tertiary/aromatic N) is 1. The summed E-state index contributed by atoms with van der Waals surface area (Å²) in [7, 11) is 0. The molecule has 1 aromatic carbocycles. The predicted molar refractivity (Wildman–Crippen MR) is 83.9 cm³/mol. The Labute approximate surface area is 126 Å². The highest BCUT2D eigenvalue weighted by molar-refractivity contribution is 5.94. The van der Waals surface area contributed by atoms with E-state index in [0.717, 1.165) is 30.6 Å². The van der Waals surface area contributed by atoms with Gasteiger partial charge in [0.25, 0.3) is 0 Å². The van der Waals surface area contributed by atoms with Crippen LogP contribution in [0.5, 0.6) is 0 Å². The lowest BCUT2D eigenvalue weighted by molar-refractivity contribution is -0.119. The molecule has 2 N–H and O–H groups in total. The normalized spacial score (nSPS) is 22.4. The Morgan fingerprint density at radius 3 is 2.62 bits per heavy atom. The van der Waals surface area contributed by atoms with Crippen LogP contribution >= 0.6 is 0 Å². The second-order valence-corrected chi connectivity index (χ2v) is 6.44. The van der Waals surface area contributed by atoms with E-state index in [0.29, 0.717) is 5.92 Å². The number of amides is 1. The van der Waals surface area contributed by atoms with Crippen molar-refractivity contribution in [3.63, 3.8) is 0 Å². The van der Waals surface area contributed by atoms with E-state index in [2.05, 4.69) is 23.6 Å². The SMILES string of the molecule is CC1CCNC(C(=O)Nc2ccc(C(C)(C)C#N)cc2)C1. The Morgan fingerprint density at radius 1 is 1.38 bits per heavy atom. The zero-order chi connectivity index (χ0) is 15.5. The molecular weight excluding hydrogens is 262 g/mol. The number of rotatable bonds is 3. The topological polar surface area (TPSA) is 64.9 Å². The van der Waals surface area contributed by atoms with E-state index in [1.165, 1.54) is 0 Å². The smallest absolute Gasteiger partial charge is 0.241 e. The molecule has 0 radical (unpaired) electrons. The number of nitrogens with one attached hydrogen (secondary N) is 2. The Balaban J connectivity index is 2.00. The third kappa shape index (κ3) is 3.83. The molecule has 0 saturated carbocycles. The van der Waals surface area contributed by atoms with E-state index in [1.807, 2.05) is 38.1 Å². The third-order valence-electron chi connectivity index (χ3n) is 4.14. The summed E-state index contributed by atoms with van der Waals surface area (Å²) >= 11 is 0. The maximum atomic E-state index is 12.2. The molecule has 0 aromatic heterocycles. The van der Waals surface area contributed by atoms with Crippen LogP contribution in [-0.2, 0) is 10.2 Å². The summed E-state index contributed by atoms with van der Waals surface area (Å²) in [4.78, 5) is 12.2. The highest BCUT2D eigenvalue weighted by Gasteiger charge is 2.24. The molecule has 21 heavy (non-hydrogen) atoms. The molecule has 0 bridgehead atoms. The number of carbonyl (C=O) groups excluding carboxylic acids is 1. The summed E-state index contributed by atoms with van der Waals surface area (Å²) in [6.45, 7) is 6.84. The maximum absolute atomic E-state index is 12.2. The molecule has 1 saturated heterocycles. The van der Waals surface area contributed by atoms with Gasteiger partial charge < -0.3 is 10.6 Å². The van der Waals surface area contributed by atoms with E-state index in [9.17, 15) is 4.79 Å². The van der Waals surface area contributed by atoms with Gasteiger partial charge in [-0.3, -0.25) is 4.79 Å². The number of benzene rings is 1. The molecule has 4 heteroatoms. The fourth-order valence-corrected chi connectivity index (χ4v) is 2.57. The molecule has 4 nitrogen and oxygen atoms in total. The summed E-state index contributed by atoms with van der Waals surface area (Å²) in [5.41, 5.74) is 1.22. The monoisotopic (exact) mass is 285 g/mol. The number of nitriles is 1. The van der Waals surface area contributed by atoms with Gasteiger partial charge in [0.2, 0.25) is 5.91 Å². The third-order valence-corrected chi connectivity index (χ3v) is 4.14. The van der Waals surface area contributed by atoms with Crippen molar-refractivity contribution in [2.75, 3.05) is 11.9 Å². The number of hydrogen-bond donors (Lipinski definition) is 2. The molecule has 1 aliphatic heterocycles. The van der Waals surface area contributed by atoms with Gasteiger partial charge in [-0.25, -0.2) is 0 Å². The van der Waals surface area contributed by atoms with Crippen LogP contribution in [0.3, 0.4) is 0 Å². The van der Waals surface area contributed by atoms with E-state index < -0.39 is 5.41 Å². The zero-order valence-corrected chi connectivity index (χ0v) is 12.9. The minimum atomic E-state index is -0.511. The number of piperidine rings is 1. The summed E-state index contributed by atoms with van der Waals surface area (Å²) in [5, 5.41) is 15.3. The van der Waals surface area contributed by atoms with Gasteiger partial charge in [0.05, 0.1) is 17.5 Å². The molecular formula is C17H23N3O. The van der Waals surface area contributed by atoms with E-state index in [4.69, 9.17) is 5.26 Å². The van der Waals surface area contributed by atoms with Crippen LogP contribution in [0.2, 0.25) is 0 Å². The minimum absolute atomic E-state index is 0.0221. The van der Waals surface area contributed by atoms with Crippen molar-refractivity contribution >= 4 is 11.6 Å². The molecule has 1 amide bonds. The van der Waals surface area contributed by atoms with Gasteiger partial charge in [-0.05, 0) is 56.8 Å². The van der Waals surface area contributed by atoms with Gasteiger partial charge in [0.1, 0.15) is 0 Å². The average Bonchev–Trinajstić information content (AvgIpc) is 2.48. The van der Waals surface area contributed by atoms with Gasteiger partial charge >= 0.3 is 0 Å². The number of carbonyl (C=O) groups is 1. The quantitative estimate of drug-likeness (QED) is 0.897. The second-order valence-electron chi connectivity index (χ2n) is 6.44. The Bertz CT molecular complexity index is 542. The number of hydrogen-bond acceptors (Lipinski definition) is 3. The van der Waals surface area contributed by atoms with Gasteiger partial charge in [-0.15, -0.1) is 0 Å². The van der Waals surface area contributed by atoms with Gasteiger partial charge in [0.15, 0.2) is 0 Å². The van der Waals surface area contributed by atoms with Crippen LogP contribution in [-0.4, -0.2) is 18.5 Å². The summed E-state index contributed by atoms with van der Waals surface area (Å²) in [5.74, 6) is 0.606. The van der Waals surface area contributed by atoms with E-state index in [1.54, 1.807) is 0 Å². The average molecular weight is 285 g/mol. The lowest BCUT2D eigenvalue weighted by atomic mass is 9.86. The molecule has 1 heterocycles. The summed E-state index contributed by atoms with van der Waals surface area (Å²) < 4.78 is 0. The molecule has 112 valence electrons. The highest BCUT2D eigenvalue weighted by Crippen LogP contribution is 2.24. The van der Waals surface area contributed by atoms with Crippen LogP contribution < -0.4 is 10.6 Å². The van der Waals surface area contributed by atoms with Crippen LogP contribution in [0.4, 0.5) is 5.69 Å². The predicted octanol–water partition coefficient (Wildman–Crippen LogP) is 2.81. The Hall–Kier alpha value is -1.86. The molecule has 2 atom stereocenters. The van der Waals surface area contributed by atoms with Crippen LogP contribution in [0.15, 0.2) is 24.3 Å².